The van der Waals surface area contributed by atoms with Gasteiger partial charge in [0.2, 0.25) is 0 Å². The number of hydrogen-bond acceptors (Lipinski definition) is 2. The van der Waals surface area contributed by atoms with Crippen molar-refractivity contribution in [2.75, 3.05) is 5.32 Å². The Morgan fingerprint density at radius 1 is 1.45 bits per heavy atom. The minimum Gasteiger partial charge on any atom is -0.322 e. The number of benzene rings is 1. The van der Waals surface area contributed by atoms with Crippen LogP contribution in [0.5, 0.6) is 0 Å². The first-order valence-electron chi connectivity index (χ1n) is 5.64. The van der Waals surface area contributed by atoms with E-state index in [1.807, 2.05) is 0 Å². The molecule has 0 fully saturated rings. The van der Waals surface area contributed by atoms with E-state index in [1.54, 1.807) is 25.1 Å². The molecule has 2 rings (SSSR count). The number of nitrogens with two attached hydrogens (primary N) is 1. The number of guanidine groups is 1. The third-order valence-electron chi connectivity index (χ3n) is 2.34. The molecule has 0 aliphatic rings. The van der Waals surface area contributed by atoms with Crippen LogP contribution in [-0.2, 0) is 0 Å². The lowest BCUT2D eigenvalue weighted by atomic mass is 10.3. The highest BCUT2D eigenvalue weighted by Gasteiger charge is 2.08. The molecule has 0 spiro atoms. The first-order chi connectivity index (χ1) is 9.45. The van der Waals surface area contributed by atoms with Gasteiger partial charge in [0.1, 0.15) is 0 Å². The van der Waals surface area contributed by atoms with Crippen molar-refractivity contribution in [3.05, 3.63) is 50.4 Å². The van der Waals surface area contributed by atoms with Gasteiger partial charge in [-0.25, -0.2) is 9.98 Å². The molecule has 0 bridgehead atoms. The van der Waals surface area contributed by atoms with Crippen molar-refractivity contribution < 1.29 is 4.99 Å². The summed E-state index contributed by atoms with van der Waals surface area (Å²) in [5.74, 6) is 0.390. The van der Waals surface area contributed by atoms with Crippen molar-refractivity contribution in [1.82, 2.24) is 9.97 Å². The van der Waals surface area contributed by atoms with Crippen molar-refractivity contribution >= 4 is 40.8 Å². The van der Waals surface area contributed by atoms with E-state index >= 15 is 0 Å². The van der Waals surface area contributed by atoms with Crippen LogP contribution in [0.15, 0.2) is 29.1 Å². The Morgan fingerprint density at radius 3 is 2.90 bits per heavy atom. The summed E-state index contributed by atoms with van der Waals surface area (Å²) < 4.78 is 0. The zero-order valence-corrected chi connectivity index (χ0v) is 12.0. The van der Waals surface area contributed by atoms with Crippen molar-refractivity contribution in [3.63, 3.8) is 0 Å². The summed E-state index contributed by atoms with van der Waals surface area (Å²) in [6.45, 7) is 1.71. The van der Waals surface area contributed by atoms with Gasteiger partial charge in [0.05, 0.1) is 21.4 Å². The van der Waals surface area contributed by atoms with E-state index in [1.165, 1.54) is 6.07 Å². The van der Waals surface area contributed by atoms with Crippen molar-refractivity contribution in [2.45, 2.75) is 6.92 Å². The first-order valence-corrected chi connectivity index (χ1v) is 6.40. The Balaban J connectivity index is 2.27. The Morgan fingerprint density at radius 2 is 2.20 bits per heavy atom. The van der Waals surface area contributed by atoms with Crippen LogP contribution in [-0.4, -0.2) is 15.9 Å². The summed E-state index contributed by atoms with van der Waals surface area (Å²) in [7, 11) is 0. The van der Waals surface area contributed by atoms with E-state index in [0.29, 0.717) is 21.4 Å². The average molecular weight is 313 g/mol. The van der Waals surface area contributed by atoms with E-state index in [2.05, 4.69) is 20.3 Å². The molecule has 104 valence electrons. The highest BCUT2D eigenvalue weighted by atomic mass is 35.5. The fourth-order valence-electron chi connectivity index (χ4n) is 1.54. The summed E-state index contributed by atoms with van der Waals surface area (Å²) in [6.07, 6.45) is 0. The number of anilines is 1. The lowest BCUT2D eigenvalue weighted by Crippen LogP contribution is -2.73. The molecule has 0 aliphatic heterocycles. The van der Waals surface area contributed by atoms with Crippen LogP contribution in [0.4, 0.5) is 11.6 Å². The lowest BCUT2D eigenvalue weighted by molar-refractivity contribution is -0.365. The SMILES string of the molecule is Cc1cc(=O)[nH]c([NH+]=C(N)Nc2cccc(Cl)c2Cl)n1. The van der Waals surface area contributed by atoms with Crippen molar-refractivity contribution in [2.24, 2.45) is 5.73 Å². The molecule has 0 aliphatic carbocycles. The van der Waals surface area contributed by atoms with E-state index < -0.39 is 0 Å². The molecule has 0 saturated heterocycles. The monoisotopic (exact) mass is 312 g/mol. The second-order valence-electron chi connectivity index (χ2n) is 4.00. The van der Waals surface area contributed by atoms with Crippen molar-refractivity contribution in [3.8, 4) is 0 Å². The smallest absolute Gasteiger partial charge is 0.322 e. The first kappa shape index (κ1) is 14.4. The van der Waals surface area contributed by atoms with Crippen LogP contribution in [0.2, 0.25) is 10.0 Å². The minimum absolute atomic E-state index is 0.155. The number of nitrogens with one attached hydrogen (secondary N) is 3. The maximum atomic E-state index is 11.3. The third kappa shape index (κ3) is 3.49. The number of aryl methyl sites for hydroxylation is 1. The maximum absolute atomic E-state index is 11.3. The number of H-pyrrole nitrogens is 1. The zero-order valence-electron chi connectivity index (χ0n) is 10.5. The Bertz CT molecular complexity index is 726. The summed E-state index contributed by atoms with van der Waals surface area (Å²) >= 11 is 11.9. The summed E-state index contributed by atoms with van der Waals surface area (Å²) in [5.41, 5.74) is 6.63. The molecule has 0 radical (unpaired) electrons. The van der Waals surface area contributed by atoms with Gasteiger partial charge in [0.25, 0.3) is 11.5 Å². The average Bonchev–Trinajstić information content (AvgIpc) is 2.33. The molecule has 0 saturated carbocycles. The van der Waals surface area contributed by atoms with E-state index in [9.17, 15) is 4.79 Å². The maximum Gasteiger partial charge on any atom is 0.325 e. The molecule has 1 aromatic heterocycles. The highest BCUT2D eigenvalue weighted by Crippen LogP contribution is 2.28. The van der Waals surface area contributed by atoms with Gasteiger partial charge in [-0.3, -0.25) is 10.1 Å². The predicted molar refractivity (Wildman–Crippen MR) is 79.5 cm³/mol. The molecule has 6 nitrogen and oxygen atoms in total. The van der Waals surface area contributed by atoms with Crippen LogP contribution in [0.1, 0.15) is 5.69 Å². The standard InChI is InChI=1S/C12H11Cl2N5O/c1-6-5-9(20)18-12(16-6)19-11(15)17-8-4-2-3-7(13)10(8)14/h2-5H,1H3,(H4,15,16,17,18,19,20)/p+1. The second-order valence-corrected chi connectivity index (χ2v) is 4.79. The van der Waals surface area contributed by atoms with Gasteiger partial charge in [-0.2, -0.15) is 0 Å². The molecule has 5 N–H and O–H groups in total. The fourth-order valence-corrected chi connectivity index (χ4v) is 1.89. The van der Waals surface area contributed by atoms with E-state index in [0.717, 1.165) is 0 Å². The van der Waals surface area contributed by atoms with Gasteiger partial charge in [-0.05, 0) is 19.1 Å². The molecule has 2 aromatic rings. The molecule has 0 atom stereocenters. The highest BCUT2D eigenvalue weighted by molar-refractivity contribution is 6.43. The van der Waals surface area contributed by atoms with Gasteiger partial charge in [0.15, 0.2) is 0 Å². The van der Waals surface area contributed by atoms with Gasteiger partial charge >= 0.3 is 5.95 Å². The van der Waals surface area contributed by atoms with Gasteiger partial charge in [-0.1, -0.05) is 29.3 Å². The van der Waals surface area contributed by atoms with Crippen molar-refractivity contribution in [1.29, 1.82) is 0 Å². The summed E-state index contributed by atoms with van der Waals surface area (Å²) in [4.78, 5) is 20.6. The molecule has 8 heteroatoms. The number of aromatic nitrogens is 2. The Hall–Kier alpha value is -2.05. The third-order valence-corrected chi connectivity index (χ3v) is 3.16. The molecule has 1 aromatic carbocycles. The predicted octanol–water partition coefficient (Wildman–Crippen LogP) is 0.524. The largest absolute Gasteiger partial charge is 0.325 e. The topological polar surface area (TPSA) is 97.8 Å². The normalized spacial score (nSPS) is 11.4. The Kier molecular flexibility index (Phi) is 4.26. The van der Waals surface area contributed by atoms with Crippen LogP contribution >= 0.6 is 23.2 Å². The fraction of sp³-hybridized carbons (Fsp3) is 0.0833. The van der Waals surface area contributed by atoms with Crippen LogP contribution in [0.3, 0.4) is 0 Å². The summed E-state index contributed by atoms with van der Waals surface area (Å²) in [6, 6.07) is 6.49. The zero-order chi connectivity index (χ0) is 14.7. The molecule has 0 amide bonds. The number of aromatic amines is 1. The lowest BCUT2D eigenvalue weighted by Gasteiger charge is -2.04. The molecular formula is C12H12Cl2N5O+. The van der Waals surface area contributed by atoms with E-state index in [-0.39, 0.29) is 17.5 Å². The van der Waals surface area contributed by atoms with Gasteiger partial charge in [0, 0.05) is 6.07 Å². The molecule has 20 heavy (non-hydrogen) atoms. The molecule has 1 heterocycles. The number of rotatable bonds is 2. The Labute approximate surface area is 124 Å². The number of nitrogens with zero attached hydrogens (tertiary/aromatic N) is 1. The second kappa shape index (κ2) is 5.94. The van der Waals surface area contributed by atoms with Gasteiger partial charge in [-0.15, -0.1) is 4.98 Å². The summed E-state index contributed by atoms with van der Waals surface area (Å²) in [5, 5.41) is 3.60. The quantitative estimate of drug-likeness (QED) is 0.480. The minimum atomic E-state index is -0.270. The number of hydrogen-bond donors (Lipinski definition) is 4. The van der Waals surface area contributed by atoms with Gasteiger partial charge < -0.3 is 5.73 Å². The van der Waals surface area contributed by atoms with Crippen LogP contribution < -0.4 is 21.6 Å². The number of halogens is 2. The molecular weight excluding hydrogens is 301 g/mol. The molecule has 0 unspecified atom stereocenters. The van der Waals surface area contributed by atoms with E-state index in [4.69, 9.17) is 28.9 Å². The van der Waals surface area contributed by atoms with Crippen LogP contribution in [0, 0.1) is 6.92 Å². The van der Waals surface area contributed by atoms with Crippen LogP contribution in [0.25, 0.3) is 0 Å².